The first-order valence-corrected chi connectivity index (χ1v) is 9.08. The Hall–Kier alpha value is -0.990. The highest BCUT2D eigenvalue weighted by Crippen LogP contribution is 2.26. The van der Waals surface area contributed by atoms with Crippen LogP contribution in [0.4, 0.5) is 0 Å². The van der Waals surface area contributed by atoms with Crippen LogP contribution in [0, 0.1) is 3.95 Å². The third-order valence-corrected chi connectivity index (χ3v) is 5.73. The van der Waals surface area contributed by atoms with Gasteiger partial charge < -0.3 is 14.6 Å². The van der Waals surface area contributed by atoms with Gasteiger partial charge in [-0.15, -0.1) is 11.3 Å². The van der Waals surface area contributed by atoms with Crippen LogP contribution in [-0.2, 0) is 11.3 Å². The number of halogens is 1. The molecule has 0 spiro atoms. The number of benzene rings is 1. The minimum Gasteiger partial charge on any atom is -0.395 e. The molecule has 1 aromatic carbocycles. The summed E-state index contributed by atoms with van der Waals surface area (Å²) in [7, 11) is 0. The molecular weight excluding hydrogens is 354 g/mol. The van der Waals surface area contributed by atoms with E-state index in [2.05, 4.69) is 4.90 Å². The molecule has 5 nitrogen and oxygen atoms in total. The molecule has 23 heavy (non-hydrogen) atoms. The standard InChI is InChI=1S/C15H18ClN3O2S2/c16-11-1-2-13-12(9-11)19(15(22)23-13)10-14(21)18-5-3-17(4-6-18)7-8-20/h1-2,9,20H,3-8,10H2. The summed E-state index contributed by atoms with van der Waals surface area (Å²) in [5.74, 6) is 0.0735. The van der Waals surface area contributed by atoms with Gasteiger partial charge in [-0.1, -0.05) is 11.6 Å². The molecule has 3 rings (SSSR count). The zero-order valence-corrected chi connectivity index (χ0v) is 15.0. The minimum atomic E-state index is 0.0735. The monoisotopic (exact) mass is 371 g/mol. The summed E-state index contributed by atoms with van der Waals surface area (Å²) in [6.45, 7) is 4.05. The van der Waals surface area contributed by atoms with Crippen molar-refractivity contribution < 1.29 is 9.90 Å². The lowest BCUT2D eigenvalue weighted by atomic mass is 10.3. The fourth-order valence-electron chi connectivity index (χ4n) is 2.78. The Balaban J connectivity index is 1.72. The molecule has 1 aliphatic rings. The van der Waals surface area contributed by atoms with Gasteiger partial charge in [-0.25, -0.2) is 0 Å². The summed E-state index contributed by atoms with van der Waals surface area (Å²) in [4.78, 5) is 16.6. The maximum atomic E-state index is 12.6. The molecule has 2 heterocycles. The number of aliphatic hydroxyl groups is 1. The van der Waals surface area contributed by atoms with Gasteiger partial charge in [-0.2, -0.15) is 0 Å². The third kappa shape index (κ3) is 3.75. The molecule has 0 aliphatic carbocycles. The predicted octanol–water partition coefficient (Wildman–Crippen LogP) is 2.22. The minimum absolute atomic E-state index is 0.0735. The van der Waals surface area contributed by atoms with Gasteiger partial charge in [0.05, 0.1) is 16.8 Å². The largest absolute Gasteiger partial charge is 0.395 e. The van der Waals surface area contributed by atoms with Crippen LogP contribution in [-0.4, -0.2) is 64.7 Å². The lowest BCUT2D eigenvalue weighted by Gasteiger charge is -2.34. The number of β-amino-alcohol motifs (C(OH)–C–C–N with tert-alkyl or cyclic N) is 1. The van der Waals surface area contributed by atoms with Gasteiger partial charge in [0.1, 0.15) is 6.54 Å². The summed E-state index contributed by atoms with van der Waals surface area (Å²) in [6, 6.07) is 5.63. The zero-order valence-electron chi connectivity index (χ0n) is 12.6. The quantitative estimate of drug-likeness (QED) is 0.837. The average molecular weight is 372 g/mol. The van der Waals surface area contributed by atoms with Crippen molar-refractivity contribution in [3.05, 3.63) is 27.2 Å². The van der Waals surface area contributed by atoms with E-state index in [1.807, 2.05) is 27.7 Å². The van der Waals surface area contributed by atoms with Crippen LogP contribution in [0.15, 0.2) is 18.2 Å². The molecular formula is C15H18ClN3O2S2. The van der Waals surface area contributed by atoms with Crippen LogP contribution in [0.5, 0.6) is 0 Å². The van der Waals surface area contributed by atoms with Crippen molar-refractivity contribution in [3.8, 4) is 0 Å². The molecule has 1 aliphatic heterocycles. The Labute approximate surface area is 148 Å². The van der Waals surface area contributed by atoms with Crippen LogP contribution >= 0.6 is 35.2 Å². The van der Waals surface area contributed by atoms with Gasteiger partial charge in [0.25, 0.3) is 0 Å². The molecule has 124 valence electrons. The van der Waals surface area contributed by atoms with Crippen molar-refractivity contribution in [2.24, 2.45) is 0 Å². The van der Waals surface area contributed by atoms with E-state index in [0.717, 1.165) is 23.3 Å². The number of carbonyl (C=O) groups is 1. The van der Waals surface area contributed by atoms with Gasteiger partial charge in [-0.3, -0.25) is 9.69 Å². The molecule has 1 aromatic heterocycles. The van der Waals surface area contributed by atoms with Crippen molar-refractivity contribution in [1.29, 1.82) is 0 Å². The number of hydrogen-bond donors (Lipinski definition) is 1. The van der Waals surface area contributed by atoms with Crippen LogP contribution < -0.4 is 0 Å². The molecule has 0 radical (unpaired) electrons. The molecule has 1 saturated heterocycles. The molecule has 0 unspecified atom stereocenters. The number of hydrogen-bond acceptors (Lipinski definition) is 5. The van der Waals surface area contributed by atoms with Crippen molar-refractivity contribution >= 4 is 51.3 Å². The Kier molecular flexibility index (Phi) is 5.33. The van der Waals surface area contributed by atoms with Gasteiger partial charge >= 0.3 is 0 Å². The predicted molar refractivity (Wildman–Crippen MR) is 95.8 cm³/mol. The maximum Gasteiger partial charge on any atom is 0.242 e. The summed E-state index contributed by atoms with van der Waals surface area (Å²) in [5.41, 5.74) is 0.916. The molecule has 1 amide bonds. The third-order valence-electron chi connectivity index (χ3n) is 4.06. The fraction of sp³-hybridized carbons (Fsp3) is 0.467. The Morgan fingerprint density at radius 3 is 2.74 bits per heavy atom. The summed E-state index contributed by atoms with van der Waals surface area (Å²) >= 11 is 13.0. The summed E-state index contributed by atoms with van der Waals surface area (Å²) in [6.07, 6.45) is 0. The van der Waals surface area contributed by atoms with Crippen molar-refractivity contribution in [2.75, 3.05) is 39.3 Å². The van der Waals surface area contributed by atoms with E-state index in [1.54, 1.807) is 0 Å². The van der Waals surface area contributed by atoms with E-state index in [1.165, 1.54) is 11.3 Å². The van der Waals surface area contributed by atoms with E-state index >= 15 is 0 Å². The summed E-state index contributed by atoms with van der Waals surface area (Å²) in [5, 5.41) is 9.61. The number of thiazole rings is 1. The molecule has 1 fully saturated rings. The molecule has 1 N–H and O–H groups in total. The Morgan fingerprint density at radius 1 is 1.30 bits per heavy atom. The molecule has 0 atom stereocenters. The topological polar surface area (TPSA) is 48.7 Å². The SMILES string of the molecule is O=C(Cn1c(=S)sc2ccc(Cl)cc21)N1CCN(CCO)CC1. The van der Waals surface area contributed by atoms with E-state index < -0.39 is 0 Å². The first kappa shape index (κ1) is 16.9. The highest BCUT2D eigenvalue weighted by Gasteiger charge is 2.21. The number of nitrogens with zero attached hydrogens (tertiary/aromatic N) is 3. The van der Waals surface area contributed by atoms with E-state index in [9.17, 15) is 4.79 Å². The second kappa shape index (κ2) is 7.27. The zero-order chi connectivity index (χ0) is 16.4. The van der Waals surface area contributed by atoms with Gasteiger partial charge in [0.2, 0.25) is 5.91 Å². The van der Waals surface area contributed by atoms with Gasteiger partial charge in [-0.05, 0) is 30.4 Å². The van der Waals surface area contributed by atoms with Crippen LogP contribution in [0.1, 0.15) is 0 Å². The number of aromatic nitrogens is 1. The number of fused-ring (bicyclic) bond motifs is 1. The van der Waals surface area contributed by atoms with Crippen molar-refractivity contribution in [1.82, 2.24) is 14.4 Å². The second-order valence-electron chi connectivity index (χ2n) is 5.51. The van der Waals surface area contributed by atoms with E-state index in [4.69, 9.17) is 28.9 Å². The highest BCUT2D eigenvalue weighted by molar-refractivity contribution is 7.73. The van der Waals surface area contributed by atoms with Crippen molar-refractivity contribution in [2.45, 2.75) is 6.54 Å². The number of aliphatic hydroxyl groups excluding tert-OH is 1. The number of carbonyl (C=O) groups excluding carboxylic acids is 1. The molecule has 0 saturated carbocycles. The number of rotatable bonds is 4. The van der Waals surface area contributed by atoms with Crippen molar-refractivity contribution in [3.63, 3.8) is 0 Å². The summed E-state index contributed by atoms with van der Waals surface area (Å²) < 4.78 is 3.60. The normalized spacial score (nSPS) is 16.2. The molecule has 0 bridgehead atoms. The van der Waals surface area contributed by atoms with E-state index in [0.29, 0.717) is 28.6 Å². The van der Waals surface area contributed by atoms with E-state index in [-0.39, 0.29) is 19.1 Å². The molecule has 2 aromatic rings. The van der Waals surface area contributed by atoms with Crippen LogP contribution in [0.2, 0.25) is 5.02 Å². The molecule has 8 heteroatoms. The smallest absolute Gasteiger partial charge is 0.242 e. The lowest BCUT2D eigenvalue weighted by Crippen LogP contribution is -2.50. The second-order valence-corrected chi connectivity index (χ2v) is 7.62. The Morgan fingerprint density at radius 2 is 2.04 bits per heavy atom. The highest BCUT2D eigenvalue weighted by atomic mass is 35.5. The average Bonchev–Trinajstić information content (AvgIpc) is 2.84. The van der Waals surface area contributed by atoms with Crippen LogP contribution in [0.3, 0.4) is 0 Å². The number of amides is 1. The van der Waals surface area contributed by atoms with Crippen LogP contribution in [0.25, 0.3) is 10.2 Å². The van der Waals surface area contributed by atoms with Gasteiger partial charge in [0, 0.05) is 37.7 Å². The first-order chi connectivity index (χ1) is 11.1. The number of piperazine rings is 1. The van der Waals surface area contributed by atoms with Gasteiger partial charge in [0.15, 0.2) is 3.95 Å². The lowest BCUT2D eigenvalue weighted by molar-refractivity contribution is -0.133. The Bertz CT molecular complexity index is 766. The first-order valence-electron chi connectivity index (χ1n) is 7.48. The maximum absolute atomic E-state index is 12.6. The fourth-order valence-corrected chi connectivity index (χ4v) is 4.25.